The Kier molecular flexibility index (Phi) is 7.28. The van der Waals surface area contributed by atoms with E-state index in [9.17, 15) is 4.39 Å². The lowest BCUT2D eigenvalue weighted by atomic mass is 10.2. The molecular formula is C22H27FN4OS. The topological polar surface area (TPSA) is 43.2 Å². The molecule has 0 saturated heterocycles. The minimum atomic E-state index is -0.351. The summed E-state index contributed by atoms with van der Waals surface area (Å²) in [6.07, 6.45) is 0.939. The number of nitrogens with zero attached hydrogens (tertiary/aromatic N) is 4. The van der Waals surface area contributed by atoms with Crippen LogP contribution in [0.1, 0.15) is 36.3 Å². The summed E-state index contributed by atoms with van der Waals surface area (Å²) >= 11 is 1.57. The zero-order valence-electron chi connectivity index (χ0n) is 17.3. The summed E-state index contributed by atoms with van der Waals surface area (Å²) in [7, 11) is 5.58. The lowest BCUT2D eigenvalue weighted by Crippen LogP contribution is -2.23. The molecule has 0 amide bonds. The van der Waals surface area contributed by atoms with E-state index in [1.807, 2.05) is 24.3 Å². The zero-order chi connectivity index (χ0) is 20.8. The summed E-state index contributed by atoms with van der Waals surface area (Å²) in [4.78, 5) is 2.17. The van der Waals surface area contributed by atoms with Crippen molar-refractivity contribution in [2.75, 3.05) is 21.2 Å². The molecular weight excluding hydrogens is 387 g/mol. The monoisotopic (exact) mass is 414 g/mol. The van der Waals surface area contributed by atoms with Crippen molar-refractivity contribution in [1.82, 2.24) is 19.7 Å². The van der Waals surface area contributed by atoms with Gasteiger partial charge in [-0.2, -0.15) is 0 Å². The molecule has 2 aromatic carbocycles. The van der Waals surface area contributed by atoms with Gasteiger partial charge in [-0.25, -0.2) is 4.39 Å². The van der Waals surface area contributed by atoms with Gasteiger partial charge in [0.05, 0.1) is 19.7 Å². The number of hydrogen-bond acceptors (Lipinski definition) is 5. The highest BCUT2D eigenvalue weighted by Gasteiger charge is 2.22. The molecule has 3 aromatic rings. The molecule has 5 nitrogen and oxygen atoms in total. The SMILES string of the molecule is CC[C@@H](c1nnc(SCc2ccc(OC)c(F)c2)n1Cc1ccccc1)N(C)C. The van der Waals surface area contributed by atoms with Gasteiger partial charge in [0.1, 0.15) is 0 Å². The molecule has 0 bridgehead atoms. The van der Waals surface area contributed by atoms with Crippen molar-refractivity contribution in [3.8, 4) is 5.75 Å². The van der Waals surface area contributed by atoms with Gasteiger partial charge in [0.15, 0.2) is 22.5 Å². The summed E-state index contributed by atoms with van der Waals surface area (Å²) < 4.78 is 21.2. The molecule has 29 heavy (non-hydrogen) atoms. The average molecular weight is 415 g/mol. The molecule has 1 atom stereocenters. The molecule has 7 heteroatoms. The highest BCUT2D eigenvalue weighted by Crippen LogP contribution is 2.29. The number of aromatic nitrogens is 3. The van der Waals surface area contributed by atoms with Gasteiger partial charge >= 0.3 is 0 Å². The molecule has 1 aromatic heterocycles. The number of benzene rings is 2. The van der Waals surface area contributed by atoms with Crippen molar-refractivity contribution in [3.63, 3.8) is 0 Å². The zero-order valence-corrected chi connectivity index (χ0v) is 18.1. The molecule has 0 aliphatic heterocycles. The van der Waals surface area contributed by atoms with Crippen LogP contribution in [0.4, 0.5) is 4.39 Å². The van der Waals surface area contributed by atoms with Crippen LogP contribution in [0.2, 0.25) is 0 Å². The highest BCUT2D eigenvalue weighted by molar-refractivity contribution is 7.98. The van der Waals surface area contributed by atoms with Gasteiger partial charge in [-0.1, -0.05) is 55.1 Å². The van der Waals surface area contributed by atoms with E-state index in [1.165, 1.54) is 18.7 Å². The van der Waals surface area contributed by atoms with Crippen molar-refractivity contribution in [2.45, 2.75) is 36.8 Å². The fourth-order valence-electron chi connectivity index (χ4n) is 3.29. The second-order valence-electron chi connectivity index (χ2n) is 7.06. The molecule has 0 saturated carbocycles. The first-order valence-electron chi connectivity index (χ1n) is 9.62. The Hall–Kier alpha value is -2.38. The highest BCUT2D eigenvalue weighted by atomic mass is 32.2. The molecule has 0 radical (unpaired) electrons. The minimum Gasteiger partial charge on any atom is -0.494 e. The van der Waals surface area contributed by atoms with Crippen LogP contribution in [0.25, 0.3) is 0 Å². The van der Waals surface area contributed by atoms with E-state index in [4.69, 9.17) is 4.74 Å². The Morgan fingerprint density at radius 1 is 1.10 bits per heavy atom. The first-order valence-corrected chi connectivity index (χ1v) is 10.6. The van der Waals surface area contributed by atoms with Crippen molar-refractivity contribution in [3.05, 3.63) is 71.3 Å². The molecule has 0 unspecified atom stereocenters. The number of thioether (sulfide) groups is 1. The van der Waals surface area contributed by atoms with E-state index >= 15 is 0 Å². The second-order valence-corrected chi connectivity index (χ2v) is 8.00. The van der Waals surface area contributed by atoms with E-state index in [-0.39, 0.29) is 17.6 Å². The van der Waals surface area contributed by atoms with Gasteiger partial charge in [-0.3, -0.25) is 4.90 Å². The molecule has 154 valence electrons. The third-order valence-electron chi connectivity index (χ3n) is 4.82. The molecule has 3 rings (SSSR count). The van der Waals surface area contributed by atoms with Crippen LogP contribution in [0.5, 0.6) is 5.75 Å². The fraction of sp³-hybridized carbons (Fsp3) is 0.364. The quantitative estimate of drug-likeness (QED) is 0.472. The van der Waals surface area contributed by atoms with Crippen LogP contribution in [0.3, 0.4) is 0 Å². The summed E-state index contributed by atoms with van der Waals surface area (Å²) in [6, 6.07) is 15.5. The summed E-state index contributed by atoms with van der Waals surface area (Å²) in [6.45, 7) is 2.85. The summed E-state index contributed by atoms with van der Waals surface area (Å²) in [5, 5.41) is 9.82. The number of rotatable bonds is 9. The van der Waals surface area contributed by atoms with Gasteiger partial charge in [0, 0.05) is 5.75 Å². The Morgan fingerprint density at radius 3 is 2.48 bits per heavy atom. The van der Waals surface area contributed by atoms with Crippen molar-refractivity contribution >= 4 is 11.8 Å². The van der Waals surface area contributed by atoms with Crippen LogP contribution in [0, 0.1) is 5.82 Å². The molecule has 0 N–H and O–H groups in total. The van der Waals surface area contributed by atoms with Crippen molar-refractivity contribution < 1.29 is 9.13 Å². The molecule has 0 fully saturated rings. The third-order valence-corrected chi connectivity index (χ3v) is 5.86. The Labute approximate surface area is 175 Å². The van der Waals surface area contributed by atoms with E-state index in [0.29, 0.717) is 12.3 Å². The Bertz CT molecular complexity index is 930. The first kappa shape index (κ1) is 21.3. The smallest absolute Gasteiger partial charge is 0.191 e. The van der Waals surface area contributed by atoms with Gasteiger partial charge in [0.2, 0.25) is 0 Å². The van der Waals surface area contributed by atoms with Crippen LogP contribution in [-0.2, 0) is 12.3 Å². The molecule has 0 spiro atoms. The summed E-state index contributed by atoms with van der Waals surface area (Å²) in [5.74, 6) is 1.46. The maximum absolute atomic E-state index is 14.0. The normalized spacial score (nSPS) is 12.3. The summed E-state index contributed by atoms with van der Waals surface area (Å²) in [5.41, 5.74) is 2.07. The van der Waals surface area contributed by atoms with Gasteiger partial charge in [-0.15, -0.1) is 10.2 Å². The third kappa shape index (κ3) is 5.16. The van der Waals surface area contributed by atoms with Crippen LogP contribution < -0.4 is 4.74 Å². The largest absolute Gasteiger partial charge is 0.494 e. The predicted octanol–water partition coefficient (Wildman–Crippen LogP) is 4.78. The Balaban J connectivity index is 1.87. The first-order chi connectivity index (χ1) is 14.0. The van der Waals surface area contributed by atoms with Gasteiger partial charge in [0.25, 0.3) is 0 Å². The van der Waals surface area contributed by atoms with Crippen LogP contribution in [0.15, 0.2) is 53.7 Å². The minimum absolute atomic E-state index is 0.180. The maximum atomic E-state index is 14.0. The number of ether oxygens (including phenoxy) is 1. The van der Waals surface area contributed by atoms with Crippen LogP contribution in [-0.4, -0.2) is 40.9 Å². The van der Waals surface area contributed by atoms with E-state index in [1.54, 1.807) is 17.8 Å². The number of hydrogen-bond donors (Lipinski definition) is 0. The van der Waals surface area contributed by atoms with Crippen molar-refractivity contribution in [2.24, 2.45) is 0 Å². The van der Waals surface area contributed by atoms with Gasteiger partial charge < -0.3 is 9.30 Å². The van der Waals surface area contributed by atoms with E-state index < -0.39 is 0 Å². The predicted molar refractivity (Wildman–Crippen MR) is 115 cm³/mol. The second kappa shape index (κ2) is 9.89. The Morgan fingerprint density at radius 2 is 1.86 bits per heavy atom. The molecule has 0 aliphatic carbocycles. The number of methoxy groups -OCH3 is 1. The lowest BCUT2D eigenvalue weighted by molar-refractivity contribution is 0.272. The van der Waals surface area contributed by atoms with E-state index in [0.717, 1.165) is 23.0 Å². The lowest BCUT2D eigenvalue weighted by Gasteiger charge is -2.23. The fourth-order valence-corrected chi connectivity index (χ4v) is 4.18. The molecule has 0 aliphatic rings. The standard InChI is InChI=1S/C22H27FN4OS/c1-5-19(26(2)3)21-24-25-22(27(21)14-16-9-7-6-8-10-16)29-15-17-11-12-20(28-4)18(23)13-17/h6-13,19H,5,14-15H2,1-4H3/t19-/m0/s1. The van der Waals surface area contributed by atoms with Crippen LogP contribution >= 0.6 is 11.8 Å². The molecule has 1 heterocycles. The van der Waals surface area contributed by atoms with Crippen molar-refractivity contribution in [1.29, 1.82) is 0 Å². The van der Waals surface area contributed by atoms with E-state index in [2.05, 4.69) is 52.8 Å². The van der Waals surface area contributed by atoms with Gasteiger partial charge in [-0.05, 0) is 43.8 Å². The maximum Gasteiger partial charge on any atom is 0.191 e. The number of halogens is 1. The average Bonchev–Trinajstić information content (AvgIpc) is 3.10.